The average molecular weight is 435 g/mol. The molecule has 0 bridgehead atoms. The van der Waals surface area contributed by atoms with Crippen LogP contribution in [0.2, 0.25) is 0 Å². The van der Waals surface area contributed by atoms with Crippen LogP contribution in [0.25, 0.3) is 0 Å². The summed E-state index contributed by atoms with van der Waals surface area (Å²) in [6.07, 6.45) is -2.55. The van der Waals surface area contributed by atoms with Crippen molar-refractivity contribution in [3.63, 3.8) is 0 Å². The van der Waals surface area contributed by atoms with Gasteiger partial charge in [-0.05, 0) is 17.7 Å². The van der Waals surface area contributed by atoms with Crippen LogP contribution in [-0.4, -0.2) is 73.5 Å². The molecule has 1 amide bonds. The van der Waals surface area contributed by atoms with Crippen molar-refractivity contribution in [2.24, 2.45) is 0 Å². The Morgan fingerprint density at radius 2 is 1.65 bits per heavy atom. The number of hydrogen-bond acceptors (Lipinski definition) is 6. The number of alkyl halides is 3. The normalized spacial score (nSPS) is 17.7. The average Bonchev–Trinajstić information content (AvgIpc) is 2.79. The number of halogens is 3. The van der Waals surface area contributed by atoms with E-state index in [1.54, 1.807) is 11.1 Å². The number of nitrogens with zero attached hydrogens (tertiary/aromatic N) is 5. The van der Waals surface area contributed by atoms with Crippen LogP contribution in [0.1, 0.15) is 11.1 Å². The van der Waals surface area contributed by atoms with Crippen LogP contribution in [0.3, 0.4) is 0 Å². The monoisotopic (exact) mass is 435 g/mol. The van der Waals surface area contributed by atoms with Gasteiger partial charge in [0.25, 0.3) is 0 Å². The molecule has 1 aromatic heterocycles. The molecule has 31 heavy (non-hydrogen) atoms. The molecule has 2 aromatic rings. The molecule has 0 atom stereocenters. The molecule has 0 aliphatic carbocycles. The van der Waals surface area contributed by atoms with Crippen molar-refractivity contribution >= 4 is 17.4 Å². The second kappa shape index (κ2) is 9.09. The Bertz CT molecular complexity index is 893. The molecule has 0 N–H and O–H groups in total. The molecule has 4 rings (SSSR count). The fourth-order valence-electron chi connectivity index (χ4n) is 3.78. The van der Waals surface area contributed by atoms with Crippen molar-refractivity contribution in [3.8, 4) is 0 Å². The van der Waals surface area contributed by atoms with Gasteiger partial charge >= 0.3 is 6.18 Å². The number of anilines is 2. The summed E-state index contributed by atoms with van der Waals surface area (Å²) in [7, 11) is 0. The molecule has 2 aliphatic heterocycles. The van der Waals surface area contributed by atoms with Crippen molar-refractivity contribution in [1.82, 2.24) is 15.1 Å². The molecule has 2 fully saturated rings. The lowest BCUT2D eigenvalue weighted by Gasteiger charge is -2.36. The molecule has 0 unspecified atom stereocenters. The van der Waals surface area contributed by atoms with Gasteiger partial charge in [-0.3, -0.25) is 4.79 Å². The zero-order valence-corrected chi connectivity index (χ0v) is 17.0. The maximum absolute atomic E-state index is 12.7. The highest BCUT2D eigenvalue weighted by Crippen LogP contribution is 2.29. The van der Waals surface area contributed by atoms with Gasteiger partial charge in [-0.1, -0.05) is 12.1 Å². The summed E-state index contributed by atoms with van der Waals surface area (Å²) in [5, 5.41) is 8.36. The fraction of sp³-hybridized carbons (Fsp3) is 0.476. The largest absolute Gasteiger partial charge is 0.416 e. The molecule has 10 heteroatoms. The van der Waals surface area contributed by atoms with Crippen LogP contribution in [0, 0.1) is 0 Å². The summed E-state index contributed by atoms with van der Waals surface area (Å²) >= 11 is 0. The van der Waals surface area contributed by atoms with E-state index in [1.165, 1.54) is 12.1 Å². The predicted molar refractivity (Wildman–Crippen MR) is 109 cm³/mol. The van der Waals surface area contributed by atoms with E-state index in [9.17, 15) is 18.0 Å². The Morgan fingerprint density at radius 3 is 2.29 bits per heavy atom. The maximum atomic E-state index is 12.7. The van der Waals surface area contributed by atoms with Crippen LogP contribution >= 0.6 is 0 Å². The molecular weight excluding hydrogens is 411 g/mol. The zero-order chi connectivity index (χ0) is 21.8. The van der Waals surface area contributed by atoms with Crippen molar-refractivity contribution in [2.75, 3.05) is 62.3 Å². The number of amides is 1. The second-order valence-electron chi connectivity index (χ2n) is 7.61. The van der Waals surface area contributed by atoms with Crippen LogP contribution in [0.15, 0.2) is 36.5 Å². The van der Waals surface area contributed by atoms with Gasteiger partial charge in [0.15, 0.2) is 5.82 Å². The molecular formula is C21H24F3N5O2. The third kappa shape index (κ3) is 5.25. The highest BCUT2D eigenvalue weighted by molar-refractivity contribution is 5.79. The smallest absolute Gasteiger partial charge is 0.378 e. The quantitative estimate of drug-likeness (QED) is 0.734. The van der Waals surface area contributed by atoms with Gasteiger partial charge in [-0.25, -0.2) is 0 Å². The van der Waals surface area contributed by atoms with Crippen LogP contribution in [0.4, 0.5) is 24.7 Å². The number of piperazine rings is 1. The first kappa shape index (κ1) is 21.4. The number of aromatic nitrogens is 2. The Hall–Kier alpha value is -2.88. The third-order valence-corrected chi connectivity index (χ3v) is 5.60. The van der Waals surface area contributed by atoms with E-state index in [0.29, 0.717) is 45.0 Å². The number of benzene rings is 1. The number of carbonyl (C=O) groups excluding carboxylic acids is 1. The minimum Gasteiger partial charge on any atom is -0.378 e. The van der Waals surface area contributed by atoms with Gasteiger partial charge in [0.05, 0.1) is 37.1 Å². The molecule has 2 aliphatic rings. The first-order chi connectivity index (χ1) is 14.9. The van der Waals surface area contributed by atoms with Crippen LogP contribution < -0.4 is 9.80 Å². The van der Waals surface area contributed by atoms with Gasteiger partial charge in [0.1, 0.15) is 0 Å². The molecule has 1 aromatic carbocycles. The molecule has 0 saturated carbocycles. The maximum Gasteiger partial charge on any atom is 0.416 e. The van der Waals surface area contributed by atoms with Crippen LogP contribution in [0.5, 0.6) is 0 Å². The SMILES string of the molecule is O=C(Cc1ccc(C(F)(F)F)cc1)N1CCN(c2cnnc(N3CCOCC3)c2)CC1. The Morgan fingerprint density at radius 1 is 0.968 bits per heavy atom. The number of morpholine rings is 1. The van der Waals surface area contributed by atoms with E-state index in [0.717, 1.165) is 36.7 Å². The van der Waals surface area contributed by atoms with Crippen molar-refractivity contribution in [1.29, 1.82) is 0 Å². The van der Waals surface area contributed by atoms with Crippen LogP contribution in [-0.2, 0) is 22.1 Å². The first-order valence-corrected chi connectivity index (χ1v) is 10.2. The Kier molecular flexibility index (Phi) is 6.26. The van der Waals surface area contributed by atoms with E-state index < -0.39 is 11.7 Å². The topological polar surface area (TPSA) is 61.8 Å². The van der Waals surface area contributed by atoms with E-state index in [-0.39, 0.29) is 12.3 Å². The Labute approximate surface area is 178 Å². The van der Waals surface area contributed by atoms with Crippen molar-refractivity contribution in [3.05, 3.63) is 47.7 Å². The molecule has 166 valence electrons. The standard InChI is InChI=1S/C21H24F3N5O2/c22-21(23,24)17-3-1-16(2-4-17)13-20(30)29-7-5-27(6-8-29)18-14-19(26-25-15-18)28-9-11-31-12-10-28/h1-4,14-15H,5-13H2. The summed E-state index contributed by atoms with van der Waals surface area (Å²) in [5.74, 6) is 0.739. The lowest BCUT2D eigenvalue weighted by atomic mass is 10.1. The molecule has 0 radical (unpaired) electrons. The van der Waals surface area contributed by atoms with Crippen molar-refractivity contribution < 1.29 is 22.7 Å². The highest BCUT2D eigenvalue weighted by Gasteiger charge is 2.30. The highest BCUT2D eigenvalue weighted by atomic mass is 19.4. The van der Waals surface area contributed by atoms with E-state index in [2.05, 4.69) is 20.0 Å². The second-order valence-corrected chi connectivity index (χ2v) is 7.61. The lowest BCUT2D eigenvalue weighted by molar-refractivity contribution is -0.137. The number of rotatable bonds is 4. The summed E-state index contributed by atoms with van der Waals surface area (Å²) in [6, 6.07) is 6.78. The van der Waals surface area contributed by atoms with E-state index in [1.807, 2.05) is 6.07 Å². The van der Waals surface area contributed by atoms with Gasteiger partial charge in [0, 0.05) is 45.3 Å². The summed E-state index contributed by atoms with van der Waals surface area (Å²) in [4.78, 5) is 18.7. The summed E-state index contributed by atoms with van der Waals surface area (Å²) < 4.78 is 43.4. The minimum atomic E-state index is -4.37. The molecule has 0 spiro atoms. The zero-order valence-electron chi connectivity index (χ0n) is 17.0. The minimum absolute atomic E-state index is 0.0822. The summed E-state index contributed by atoms with van der Waals surface area (Å²) in [6.45, 7) is 5.33. The number of hydrogen-bond donors (Lipinski definition) is 0. The lowest BCUT2D eigenvalue weighted by Crippen LogP contribution is -2.49. The number of carbonyl (C=O) groups is 1. The summed E-state index contributed by atoms with van der Waals surface area (Å²) in [5.41, 5.74) is 0.833. The van der Waals surface area contributed by atoms with Gasteiger partial charge in [-0.15, -0.1) is 5.10 Å². The fourth-order valence-corrected chi connectivity index (χ4v) is 3.78. The van der Waals surface area contributed by atoms with E-state index in [4.69, 9.17) is 4.74 Å². The van der Waals surface area contributed by atoms with Gasteiger partial charge in [-0.2, -0.15) is 18.3 Å². The molecule has 7 nitrogen and oxygen atoms in total. The predicted octanol–water partition coefficient (Wildman–Crippen LogP) is 2.22. The first-order valence-electron chi connectivity index (χ1n) is 10.2. The number of ether oxygens (including phenoxy) is 1. The van der Waals surface area contributed by atoms with E-state index >= 15 is 0 Å². The Balaban J connectivity index is 1.32. The molecule has 3 heterocycles. The third-order valence-electron chi connectivity index (χ3n) is 5.60. The molecule has 2 saturated heterocycles. The van der Waals surface area contributed by atoms with Gasteiger partial charge < -0.3 is 19.4 Å². The van der Waals surface area contributed by atoms with Crippen molar-refractivity contribution in [2.45, 2.75) is 12.6 Å². The van der Waals surface area contributed by atoms with Gasteiger partial charge in [0.2, 0.25) is 5.91 Å².